The summed E-state index contributed by atoms with van der Waals surface area (Å²) in [7, 11) is 0. The number of ketones is 1. The van der Waals surface area contributed by atoms with Crippen molar-refractivity contribution in [2.45, 2.75) is 216 Å². The van der Waals surface area contributed by atoms with Crippen LogP contribution in [0.2, 0.25) is 0 Å². The number of primary amides is 1. The topological polar surface area (TPSA) is 740 Å². The highest BCUT2D eigenvalue weighted by Gasteiger charge is 2.42. The zero-order chi connectivity index (χ0) is 98.3. The standard InChI is InChI=1S/C85H109FN18O29/c1-5-6-7-8-9-10-11-22-66(108)95-55(32-47-39-90-53-20-15-13-17-50(47)53)79(123)98-56(34-65(88)107)80(124)100-59(37-72(117)118)81(125)103-74-45(4)132-85(129)60(33-63(106)51-18-12-14-19-52(51)87)101-84(128)73(43(2)30-69(111)112)102-82(126)61(42-105)96-68(110)40-91-76(120)57(35-70(113)114)97-75(119)44(3)93-78(122)58(36-71(115)116)99-77(121)54(94-67(109)41-92-83(74)127)21-16-29-89-38-46-23-28-64(62(31-46)104(130)131)133-49-26-24-48(86)25-27-49/h12-15,17-20,23-28,31,39,43-45,54-61,73-74,89-90,105H,5-11,16,21-22,29-30,32-38,40-42,87H2,1-4H3,(H2,88,107)(H,91,120)(H,92,127)(H,93,122)(H,94,109)(H,95,108)(H,96,110)(H,97,119)(H,98,123)(H,99,121)(H,100,124)(H,101,128)(H,102,126)(H,103,125)(H,111,112)(H,113,114)(H,115,116)(H,117,118)/t43-,44-,45?,54+,55+,56+,57+,58?,59+,60+,61-,73?,74?/m1/s1. The number of halogens is 1. The van der Waals surface area contributed by atoms with Crippen LogP contribution in [0.4, 0.5) is 15.8 Å². The van der Waals surface area contributed by atoms with Gasteiger partial charge in [-0.05, 0) is 105 Å². The lowest BCUT2D eigenvalue weighted by Gasteiger charge is -2.30. The van der Waals surface area contributed by atoms with Gasteiger partial charge in [0.25, 0.3) is 0 Å². The zero-order valence-corrected chi connectivity index (χ0v) is 72.8. The number of aromatic nitrogens is 1. The maximum absolute atomic E-state index is 15.1. The number of benzene rings is 4. The normalized spacial score (nSPS) is 19.8. The summed E-state index contributed by atoms with van der Waals surface area (Å²) in [6.45, 7) is 0.767. The van der Waals surface area contributed by atoms with Crippen LogP contribution in [0.15, 0.2) is 97.2 Å². The van der Waals surface area contributed by atoms with Gasteiger partial charge in [-0.3, -0.25) is 101 Å². The molecular weight excluding hydrogens is 1760 g/mol. The molecule has 0 spiro atoms. The number of aliphatic hydroxyl groups excluding tert-OH is 1. The van der Waals surface area contributed by atoms with E-state index >= 15 is 9.59 Å². The molecule has 4 unspecified atom stereocenters. The molecule has 6 rings (SSSR count). The van der Waals surface area contributed by atoms with Gasteiger partial charge < -0.3 is 126 Å². The number of carboxylic acids is 4. The van der Waals surface area contributed by atoms with E-state index in [1.54, 1.807) is 30.5 Å². The number of nitrogens with two attached hydrogens (primary N) is 2. The molecule has 0 radical (unpaired) electrons. The van der Waals surface area contributed by atoms with Crippen LogP contribution in [0.25, 0.3) is 10.9 Å². The molecule has 720 valence electrons. The van der Waals surface area contributed by atoms with Crippen LogP contribution in [0, 0.1) is 21.8 Å². The second-order valence-corrected chi connectivity index (χ2v) is 31.3. The fourth-order valence-electron chi connectivity index (χ4n) is 13.6. The maximum atomic E-state index is 15.1. The van der Waals surface area contributed by atoms with Crippen molar-refractivity contribution in [1.82, 2.24) is 79.4 Å². The van der Waals surface area contributed by atoms with Gasteiger partial charge in [0, 0.05) is 60.2 Å². The van der Waals surface area contributed by atoms with Crippen LogP contribution in [-0.4, -0.2) is 253 Å². The average Bonchev–Trinajstić information content (AvgIpc) is 1.78. The molecule has 1 aliphatic rings. The van der Waals surface area contributed by atoms with Crippen LogP contribution >= 0.6 is 0 Å². The van der Waals surface area contributed by atoms with E-state index in [9.17, 15) is 126 Å². The second-order valence-electron chi connectivity index (χ2n) is 31.3. The zero-order valence-electron chi connectivity index (χ0n) is 72.8. The number of carbonyl (C=O) groups excluding carboxylic acids is 16. The lowest BCUT2D eigenvalue weighted by atomic mass is 9.96. The van der Waals surface area contributed by atoms with Crippen molar-refractivity contribution in [3.8, 4) is 11.5 Å². The number of H-pyrrole nitrogens is 1. The third kappa shape index (κ3) is 35.7. The van der Waals surface area contributed by atoms with Crippen LogP contribution < -0.4 is 90.6 Å². The third-order valence-electron chi connectivity index (χ3n) is 20.6. The maximum Gasteiger partial charge on any atom is 0.329 e. The van der Waals surface area contributed by atoms with Crippen molar-refractivity contribution in [3.63, 3.8) is 0 Å². The minimum Gasteiger partial charge on any atom is -0.481 e. The molecular formula is C85H109FN18O29. The Hall–Kier alpha value is -15.1. The molecule has 4 aromatic carbocycles. The number of carbonyl (C=O) groups is 20. The predicted molar refractivity (Wildman–Crippen MR) is 462 cm³/mol. The molecule has 1 saturated heterocycles. The number of amides is 14. The molecule has 24 N–H and O–H groups in total. The lowest BCUT2D eigenvalue weighted by molar-refractivity contribution is -0.385. The van der Waals surface area contributed by atoms with Crippen LogP contribution in [-0.2, 0) is 109 Å². The van der Waals surface area contributed by atoms with E-state index < -0.39 is 278 Å². The number of hydrogen-bond acceptors (Lipinski definition) is 27. The number of aliphatic hydroxyl groups is 1. The van der Waals surface area contributed by atoms with Crippen molar-refractivity contribution in [2.24, 2.45) is 11.7 Å². The van der Waals surface area contributed by atoms with Crippen LogP contribution in [0.3, 0.4) is 0 Å². The number of nitro benzene ring substituents is 1. The fraction of sp³-hybridized carbons (Fsp3) is 0.459. The van der Waals surface area contributed by atoms with Gasteiger partial charge in [-0.15, -0.1) is 0 Å². The number of aliphatic carboxylic acids is 4. The van der Waals surface area contributed by atoms with Gasteiger partial charge in [0.2, 0.25) is 88.5 Å². The molecule has 0 saturated carbocycles. The summed E-state index contributed by atoms with van der Waals surface area (Å²) in [4.78, 5) is 292. The van der Waals surface area contributed by atoms with Crippen LogP contribution in [0.1, 0.15) is 152 Å². The second kappa shape index (κ2) is 53.1. The molecule has 1 aromatic heterocycles. The predicted octanol–water partition coefficient (Wildman–Crippen LogP) is -1.95. The average molecular weight is 1870 g/mol. The van der Waals surface area contributed by atoms with Crippen molar-refractivity contribution >= 4 is 141 Å². The lowest BCUT2D eigenvalue weighted by Crippen LogP contribution is -2.62. The number of fused-ring (bicyclic) bond motifs is 1. The first-order chi connectivity index (χ1) is 63.0. The largest absolute Gasteiger partial charge is 0.481 e. The number of cyclic esters (lactones) is 1. The first-order valence-electron chi connectivity index (χ1n) is 42.2. The van der Waals surface area contributed by atoms with Crippen molar-refractivity contribution in [3.05, 3.63) is 130 Å². The number of ether oxygens (including phenoxy) is 2. The van der Waals surface area contributed by atoms with Gasteiger partial charge in [-0.25, -0.2) is 9.18 Å². The van der Waals surface area contributed by atoms with Gasteiger partial charge in [-0.2, -0.15) is 0 Å². The minimum absolute atomic E-state index is 0.0427. The monoisotopic (exact) mass is 1860 g/mol. The fourth-order valence-corrected chi connectivity index (χ4v) is 13.6. The smallest absolute Gasteiger partial charge is 0.329 e. The highest BCUT2D eigenvalue weighted by Crippen LogP contribution is 2.33. The van der Waals surface area contributed by atoms with E-state index in [2.05, 4.69) is 70.4 Å². The SMILES string of the molecule is CCCCCCCCCC(=O)N[C@@H](Cc1c[nH]c2ccccc12)C(=O)N[C@@H](CC(N)=O)C(=O)N[C@@H](CC(=O)O)C(=O)NC1C(=O)NCC(=O)N[C@@H](CCCNCc2ccc(Oc3ccc(F)cc3)c([N+](=O)[O-])c2)C(=O)NC(CC(=O)O)C(=O)N[C@H](C)C(=O)N[C@@H](CC(=O)O)C(=O)NCC(=O)N[C@H](CO)C(=O)NC([C@H](C)CC(=O)O)C(=O)N[C@@H](CC(=O)c2ccccc2N)C(=O)OC1C. The van der Waals surface area contributed by atoms with Gasteiger partial charge in [0.05, 0.1) is 56.7 Å². The third-order valence-corrected chi connectivity index (χ3v) is 20.6. The molecule has 2 heterocycles. The number of nitrogens with zero attached hydrogens (tertiary/aromatic N) is 1. The number of esters is 1. The summed E-state index contributed by atoms with van der Waals surface area (Å²) in [5, 5.41) is 94.6. The number of carboxylic acid groups (broad SMARTS) is 4. The molecule has 47 nitrogen and oxygen atoms in total. The molecule has 0 bridgehead atoms. The van der Waals surface area contributed by atoms with E-state index in [0.717, 1.165) is 71.1 Å². The molecule has 1 fully saturated rings. The number of nitrogen functional groups attached to an aromatic ring is 1. The number of hydrogen-bond donors (Lipinski definition) is 22. The Labute approximate surface area is 758 Å². The Kier molecular flexibility index (Phi) is 42.6. The Morgan fingerprint density at radius 3 is 1.79 bits per heavy atom. The summed E-state index contributed by atoms with van der Waals surface area (Å²) in [6.07, 6.45) is -3.10. The molecule has 1 aliphatic heterocycles. The number of nitrogens with one attached hydrogen (secondary N) is 15. The quantitative estimate of drug-likeness (QED) is 0.00505. The summed E-state index contributed by atoms with van der Waals surface area (Å²) < 4.78 is 25.0. The summed E-state index contributed by atoms with van der Waals surface area (Å²) in [6, 6.07) is -3.00. The first-order valence-corrected chi connectivity index (χ1v) is 42.2. The highest BCUT2D eigenvalue weighted by atomic mass is 19.1. The first kappa shape index (κ1) is 107. The summed E-state index contributed by atoms with van der Waals surface area (Å²) >= 11 is 0. The molecule has 13 atom stereocenters. The highest BCUT2D eigenvalue weighted by molar-refractivity contribution is 6.05. The van der Waals surface area contributed by atoms with Gasteiger partial charge in [0.1, 0.15) is 84.1 Å². The van der Waals surface area contributed by atoms with E-state index in [0.29, 0.717) is 29.3 Å². The van der Waals surface area contributed by atoms with E-state index in [4.69, 9.17) is 20.9 Å². The minimum atomic E-state index is -2.52. The molecule has 133 heavy (non-hydrogen) atoms. The summed E-state index contributed by atoms with van der Waals surface area (Å²) in [5.41, 5.74) is 12.1. The number of para-hydroxylation sites is 2. The number of Topliss-reactive ketones (excluding diaryl/α,β-unsaturated/α-hetero) is 1. The summed E-state index contributed by atoms with van der Waals surface area (Å²) in [5.74, 6) is -31.4. The number of nitro groups is 1. The Morgan fingerprint density at radius 2 is 1.17 bits per heavy atom. The van der Waals surface area contributed by atoms with Crippen molar-refractivity contribution in [2.75, 3.05) is 32.0 Å². The number of anilines is 1. The number of rotatable bonds is 41. The van der Waals surface area contributed by atoms with Crippen LogP contribution in [0.5, 0.6) is 11.5 Å². The molecule has 14 amide bonds. The van der Waals surface area contributed by atoms with Crippen molar-refractivity contribution < 1.29 is 140 Å². The van der Waals surface area contributed by atoms with E-state index in [1.807, 2.05) is 16.0 Å². The molecule has 0 aliphatic carbocycles. The van der Waals surface area contributed by atoms with Gasteiger partial charge >= 0.3 is 35.5 Å². The Bertz CT molecular complexity index is 5070. The van der Waals surface area contributed by atoms with Gasteiger partial charge in [0.15, 0.2) is 5.78 Å². The Balaban J connectivity index is 1.43. The van der Waals surface area contributed by atoms with Crippen molar-refractivity contribution in [1.29, 1.82) is 0 Å². The molecule has 48 heteroatoms. The molecule has 5 aromatic rings. The van der Waals surface area contributed by atoms with E-state index in [-0.39, 0.29) is 60.7 Å². The Morgan fingerprint density at radius 1 is 0.594 bits per heavy atom. The van der Waals surface area contributed by atoms with Gasteiger partial charge in [-0.1, -0.05) is 88.8 Å². The van der Waals surface area contributed by atoms with E-state index in [1.165, 1.54) is 48.5 Å². The number of unbranched alkanes of at least 4 members (excludes halogenated alkanes) is 6. The number of aromatic amines is 1.